The van der Waals surface area contributed by atoms with Crippen LogP contribution in [0.4, 0.5) is 4.79 Å². The van der Waals surface area contributed by atoms with E-state index in [4.69, 9.17) is 4.74 Å². The normalized spacial score (nSPS) is 12.4. The average molecular weight is 340 g/mol. The minimum absolute atomic E-state index is 0.00448. The molecule has 4 heteroatoms. The summed E-state index contributed by atoms with van der Waals surface area (Å²) in [6.45, 7) is 6.87. The molecule has 0 saturated carbocycles. The third-order valence-electron chi connectivity index (χ3n) is 4.84. The Morgan fingerprint density at radius 1 is 1.16 bits per heavy atom. The molecule has 0 aromatic heterocycles. The van der Waals surface area contributed by atoms with Gasteiger partial charge in [0, 0.05) is 25.0 Å². The van der Waals surface area contributed by atoms with Gasteiger partial charge in [0.1, 0.15) is 5.75 Å². The number of methoxy groups -OCH3 is 1. The van der Waals surface area contributed by atoms with Crippen LogP contribution in [0.25, 0.3) is 0 Å². The van der Waals surface area contributed by atoms with E-state index in [1.54, 1.807) is 19.1 Å². The Bertz CT molecular complexity index is 698. The van der Waals surface area contributed by atoms with E-state index < -0.39 is 0 Å². The van der Waals surface area contributed by atoms with Crippen molar-refractivity contribution in [1.82, 2.24) is 10.2 Å². The summed E-state index contributed by atoms with van der Waals surface area (Å²) in [4.78, 5) is 14.3. The molecule has 2 aromatic rings. The summed E-state index contributed by atoms with van der Waals surface area (Å²) < 4.78 is 5.24. The monoisotopic (exact) mass is 340 g/mol. The number of nitrogens with one attached hydrogen (secondary N) is 1. The number of carbonyl (C=O) groups is 1. The quantitative estimate of drug-likeness (QED) is 0.856. The van der Waals surface area contributed by atoms with Crippen LogP contribution in [0.3, 0.4) is 0 Å². The maximum atomic E-state index is 12.6. The van der Waals surface area contributed by atoms with Crippen LogP contribution in [0.5, 0.6) is 5.75 Å². The fourth-order valence-corrected chi connectivity index (χ4v) is 2.71. The van der Waals surface area contributed by atoms with Crippen LogP contribution in [-0.2, 0) is 12.0 Å². The van der Waals surface area contributed by atoms with E-state index in [0.717, 1.165) is 11.3 Å². The zero-order valence-corrected chi connectivity index (χ0v) is 15.7. The molecule has 0 aliphatic rings. The smallest absolute Gasteiger partial charge is 0.317 e. The maximum absolute atomic E-state index is 12.6. The fourth-order valence-electron chi connectivity index (χ4n) is 2.71. The van der Waals surface area contributed by atoms with Gasteiger partial charge in [0.2, 0.25) is 0 Å². The molecule has 2 rings (SSSR count). The summed E-state index contributed by atoms with van der Waals surface area (Å²) in [6.07, 6.45) is 0. The Kier molecular flexibility index (Phi) is 6.07. The van der Waals surface area contributed by atoms with E-state index in [1.807, 2.05) is 49.4 Å². The molecular weight excluding hydrogens is 312 g/mol. The molecule has 0 aliphatic heterocycles. The van der Waals surface area contributed by atoms with Crippen molar-refractivity contribution in [3.8, 4) is 5.75 Å². The van der Waals surface area contributed by atoms with E-state index in [9.17, 15) is 4.79 Å². The first-order valence-electron chi connectivity index (χ1n) is 8.54. The van der Waals surface area contributed by atoms with Gasteiger partial charge in [-0.05, 0) is 30.2 Å². The summed E-state index contributed by atoms with van der Waals surface area (Å²) in [5.41, 5.74) is 2.08. The molecule has 0 saturated heterocycles. The highest BCUT2D eigenvalue weighted by atomic mass is 16.5. The fraction of sp³-hybridized carbons (Fsp3) is 0.381. The Labute approximate surface area is 150 Å². The molecule has 4 nitrogen and oxygen atoms in total. The highest BCUT2D eigenvalue weighted by Gasteiger charge is 2.29. The highest BCUT2D eigenvalue weighted by Crippen LogP contribution is 2.27. The molecule has 0 heterocycles. The van der Waals surface area contributed by atoms with E-state index >= 15 is 0 Å². The number of hydrogen-bond donors (Lipinski definition) is 1. The Morgan fingerprint density at radius 3 is 2.48 bits per heavy atom. The van der Waals surface area contributed by atoms with Gasteiger partial charge >= 0.3 is 6.03 Å². The lowest BCUT2D eigenvalue weighted by molar-refractivity contribution is 0.197. The first kappa shape index (κ1) is 18.8. The lowest BCUT2D eigenvalue weighted by atomic mass is 9.78. The number of rotatable bonds is 6. The Balaban J connectivity index is 2.00. The standard InChI is InChI=1S/C21H28N2O2/c1-16(21(2,3)18-11-7-6-8-12-18)22-20(24)23(4)15-17-10-9-13-19(14-17)25-5/h6-14,16H,15H2,1-5H3,(H,22,24). The van der Waals surface area contributed by atoms with Crippen molar-refractivity contribution in [3.05, 3.63) is 65.7 Å². The van der Waals surface area contributed by atoms with Gasteiger partial charge in [0.05, 0.1) is 7.11 Å². The summed E-state index contributed by atoms with van der Waals surface area (Å²) in [5.74, 6) is 0.796. The van der Waals surface area contributed by atoms with Crippen LogP contribution in [0.1, 0.15) is 31.9 Å². The van der Waals surface area contributed by atoms with E-state index in [2.05, 4.69) is 31.3 Å². The van der Waals surface area contributed by atoms with Crippen LogP contribution in [-0.4, -0.2) is 31.1 Å². The number of amides is 2. The van der Waals surface area contributed by atoms with Crippen molar-refractivity contribution in [3.63, 3.8) is 0 Å². The van der Waals surface area contributed by atoms with Gasteiger partial charge in [-0.15, -0.1) is 0 Å². The van der Waals surface area contributed by atoms with Crippen molar-refractivity contribution < 1.29 is 9.53 Å². The topological polar surface area (TPSA) is 41.6 Å². The summed E-state index contributed by atoms with van der Waals surface area (Å²) in [7, 11) is 3.44. The molecule has 0 fully saturated rings. The van der Waals surface area contributed by atoms with Gasteiger partial charge in [0.15, 0.2) is 0 Å². The maximum Gasteiger partial charge on any atom is 0.317 e. The predicted octanol–water partition coefficient (Wildman–Crippen LogP) is 4.20. The lowest BCUT2D eigenvalue weighted by Crippen LogP contribution is -2.49. The van der Waals surface area contributed by atoms with E-state index in [-0.39, 0.29) is 17.5 Å². The Morgan fingerprint density at radius 2 is 1.84 bits per heavy atom. The lowest BCUT2D eigenvalue weighted by Gasteiger charge is -2.34. The zero-order chi connectivity index (χ0) is 18.4. The molecule has 2 aromatic carbocycles. The summed E-state index contributed by atoms with van der Waals surface area (Å²) in [5, 5.41) is 3.12. The van der Waals surface area contributed by atoms with Crippen molar-refractivity contribution in [2.24, 2.45) is 0 Å². The molecule has 1 atom stereocenters. The number of hydrogen-bond acceptors (Lipinski definition) is 2. The number of ether oxygens (including phenoxy) is 1. The van der Waals surface area contributed by atoms with Gasteiger partial charge in [0.25, 0.3) is 0 Å². The molecule has 0 bridgehead atoms. The average Bonchev–Trinajstić information content (AvgIpc) is 2.62. The number of carbonyl (C=O) groups excluding carboxylic acids is 1. The van der Waals surface area contributed by atoms with E-state index in [0.29, 0.717) is 6.54 Å². The van der Waals surface area contributed by atoms with Crippen molar-refractivity contribution in [2.75, 3.05) is 14.2 Å². The molecule has 0 radical (unpaired) electrons. The van der Waals surface area contributed by atoms with Crippen LogP contribution >= 0.6 is 0 Å². The zero-order valence-electron chi connectivity index (χ0n) is 15.7. The molecule has 134 valence electrons. The second-order valence-corrected chi connectivity index (χ2v) is 6.97. The third-order valence-corrected chi connectivity index (χ3v) is 4.84. The largest absolute Gasteiger partial charge is 0.497 e. The summed E-state index contributed by atoms with van der Waals surface area (Å²) >= 11 is 0. The van der Waals surface area contributed by atoms with Crippen molar-refractivity contribution >= 4 is 6.03 Å². The molecule has 2 amide bonds. The Hall–Kier alpha value is -2.49. The van der Waals surface area contributed by atoms with Crippen LogP contribution < -0.4 is 10.1 Å². The van der Waals surface area contributed by atoms with Gasteiger partial charge < -0.3 is 15.0 Å². The molecule has 25 heavy (non-hydrogen) atoms. The first-order valence-corrected chi connectivity index (χ1v) is 8.54. The highest BCUT2D eigenvalue weighted by molar-refractivity contribution is 5.74. The summed E-state index contributed by atoms with van der Waals surface area (Å²) in [6, 6.07) is 17.9. The third kappa shape index (κ3) is 4.75. The molecule has 1 unspecified atom stereocenters. The number of benzene rings is 2. The van der Waals surface area contributed by atoms with Crippen LogP contribution in [0.15, 0.2) is 54.6 Å². The first-order chi connectivity index (χ1) is 11.8. The number of nitrogens with zero attached hydrogens (tertiary/aromatic N) is 1. The second-order valence-electron chi connectivity index (χ2n) is 6.97. The minimum Gasteiger partial charge on any atom is -0.497 e. The van der Waals surface area contributed by atoms with Crippen molar-refractivity contribution in [1.29, 1.82) is 0 Å². The van der Waals surface area contributed by atoms with Gasteiger partial charge in [-0.25, -0.2) is 4.79 Å². The predicted molar refractivity (Wildman–Crippen MR) is 102 cm³/mol. The van der Waals surface area contributed by atoms with Crippen LogP contribution in [0, 0.1) is 0 Å². The van der Waals surface area contributed by atoms with Crippen molar-refractivity contribution in [2.45, 2.75) is 38.8 Å². The van der Waals surface area contributed by atoms with E-state index in [1.165, 1.54) is 5.56 Å². The molecule has 1 N–H and O–H groups in total. The molecular formula is C21H28N2O2. The van der Waals surface area contributed by atoms with Gasteiger partial charge in [-0.2, -0.15) is 0 Å². The number of urea groups is 1. The molecule has 0 spiro atoms. The SMILES string of the molecule is COc1cccc(CN(C)C(=O)NC(C)C(C)(C)c2ccccc2)c1. The second kappa shape index (κ2) is 8.06. The molecule has 0 aliphatic carbocycles. The minimum atomic E-state index is -0.159. The van der Waals surface area contributed by atoms with Gasteiger partial charge in [-0.3, -0.25) is 0 Å². The van der Waals surface area contributed by atoms with Gasteiger partial charge in [-0.1, -0.05) is 56.3 Å². The van der Waals surface area contributed by atoms with Crippen LogP contribution in [0.2, 0.25) is 0 Å².